The van der Waals surface area contributed by atoms with Crippen molar-refractivity contribution in [3.05, 3.63) is 64.7 Å². The molecule has 5 nitrogen and oxygen atoms in total. The van der Waals surface area contributed by atoms with Crippen LogP contribution >= 0.6 is 11.6 Å². The van der Waals surface area contributed by atoms with Crippen molar-refractivity contribution in [1.29, 1.82) is 0 Å². The molecule has 0 saturated carbocycles. The maximum atomic E-state index is 12.1. The van der Waals surface area contributed by atoms with E-state index in [0.717, 1.165) is 5.56 Å². The minimum absolute atomic E-state index is 0.119. The monoisotopic (exact) mass is 373 g/mol. The highest BCUT2D eigenvalue weighted by Gasteiger charge is 2.10. The Morgan fingerprint density at radius 2 is 1.58 bits per heavy atom. The van der Waals surface area contributed by atoms with E-state index >= 15 is 0 Å². The van der Waals surface area contributed by atoms with Crippen LogP contribution in [-0.2, 0) is 0 Å². The van der Waals surface area contributed by atoms with E-state index in [0.29, 0.717) is 28.7 Å². The van der Waals surface area contributed by atoms with Gasteiger partial charge in [0.05, 0.1) is 6.04 Å². The predicted molar refractivity (Wildman–Crippen MR) is 106 cm³/mol. The van der Waals surface area contributed by atoms with Gasteiger partial charge in [0.15, 0.2) is 0 Å². The quantitative estimate of drug-likeness (QED) is 0.692. The molecule has 0 aliphatic rings. The molecule has 0 spiro atoms. The van der Waals surface area contributed by atoms with Gasteiger partial charge in [0, 0.05) is 22.8 Å². The number of anilines is 1. The van der Waals surface area contributed by atoms with Crippen LogP contribution in [0.25, 0.3) is 0 Å². The van der Waals surface area contributed by atoms with Crippen LogP contribution in [0.4, 0.5) is 10.5 Å². The third kappa shape index (κ3) is 6.08. The minimum Gasteiger partial charge on any atom is -0.352 e. The van der Waals surface area contributed by atoms with E-state index in [9.17, 15) is 9.59 Å². The van der Waals surface area contributed by atoms with Gasteiger partial charge in [0.1, 0.15) is 0 Å². The Bertz CT molecular complexity index is 743. The zero-order chi connectivity index (χ0) is 19.1. The predicted octanol–water partition coefficient (Wildman–Crippen LogP) is 4.61. The smallest absolute Gasteiger partial charge is 0.319 e. The number of urea groups is 1. The first-order valence-corrected chi connectivity index (χ1v) is 8.94. The van der Waals surface area contributed by atoms with Crippen LogP contribution in [0.5, 0.6) is 0 Å². The summed E-state index contributed by atoms with van der Waals surface area (Å²) in [6.07, 6.45) is 0. The van der Waals surface area contributed by atoms with Crippen LogP contribution in [0, 0.1) is 5.92 Å². The molecule has 26 heavy (non-hydrogen) atoms. The van der Waals surface area contributed by atoms with Crippen molar-refractivity contribution >= 4 is 29.2 Å². The molecule has 0 aromatic heterocycles. The Labute approximate surface area is 159 Å². The van der Waals surface area contributed by atoms with Gasteiger partial charge in [-0.25, -0.2) is 4.79 Å². The standard InChI is InChI=1S/C20H24ClN3O2/c1-13(2)12-22-19(25)16-6-10-18(11-7-16)24-20(26)23-14(3)15-4-8-17(21)9-5-15/h4-11,13-14H,12H2,1-3H3,(H,22,25)(H2,23,24,26). The molecule has 0 aliphatic heterocycles. The van der Waals surface area contributed by atoms with E-state index < -0.39 is 0 Å². The summed E-state index contributed by atoms with van der Waals surface area (Å²) in [7, 11) is 0. The highest BCUT2D eigenvalue weighted by Crippen LogP contribution is 2.16. The number of carbonyl (C=O) groups excluding carboxylic acids is 2. The third-order valence-electron chi connectivity index (χ3n) is 3.79. The van der Waals surface area contributed by atoms with Crippen molar-refractivity contribution in [3.63, 3.8) is 0 Å². The molecule has 2 rings (SSSR count). The number of amides is 3. The molecular weight excluding hydrogens is 350 g/mol. The molecule has 2 aromatic rings. The first-order valence-electron chi connectivity index (χ1n) is 8.56. The molecular formula is C20H24ClN3O2. The van der Waals surface area contributed by atoms with E-state index in [1.54, 1.807) is 36.4 Å². The Morgan fingerprint density at radius 1 is 0.962 bits per heavy atom. The lowest BCUT2D eigenvalue weighted by atomic mass is 10.1. The summed E-state index contributed by atoms with van der Waals surface area (Å²) >= 11 is 5.87. The van der Waals surface area contributed by atoms with Gasteiger partial charge in [-0.1, -0.05) is 37.6 Å². The molecule has 1 atom stereocenters. The molecule has 0 fully saturated rings. The molecule has 1 unspecified atom stereocenters. The molecule has 0 aliphatic carbocycles. The van der Waals surface area contributed by atoms with Gasteiger partial charge in [-0.2, -0.15) is 0 Å². The molecule has 6 heteroatoms. The number of nitrogens with one attached hydrogen (secondary N) is 3. The third-order valence-corrected chi connectivity index (χ3v) is 4.05. The molecule has 2 aromatic carbocycles. The van der Waals surface area contributed by atoms with E-state index in [-0.39, 0.29) is 18.0 Å². The van der Waals surface area contributed by atoms with Crippen molar-refractivity contribution in [3.8, 4) is 0 Å². The second-order valence-electron chi connectivity index (χ2n) is 6.55. The van der Waals surface area contributed by atoms with Crippen molar-refractivity contribution in [1.82, 2.24) is 10.6 Å². The van der Waals surface area contributed by atoms with Crippen molar-refractivity contribution < 1.29 is 9.59 Å². The topological polar surface area (TPSA) is 70.2 Å². The fourth-order valence-corrected chi connectivity index (χ4v) is 2.43. The van der Waals surface area contributed by atoms with Crippen LogP contribution < -0.4 is 16.0 Å². The molecule has 0 saturated heterocycles. The second-order valence-corrected chi connectivity index (χ2v) is 6.99. The van der Waals surface area contributed by atoms with Crippen LogP contribution in [0.3, 0.4) is 0 Å². The van der Waals surface area contributed by atoms with Gasteiger partial charge in [-0.3, -0.25) is 4.79 Å². The molecule has 3 amide bonds. The zero-order valence-electron chi connectivity index (χ0n) is 15.2. The summed E-state index contributed by atoms with van der Waals surface area (Å²) < 4.78 is 0. The Hall–Kier alpha value is -2.53. The minimum atomic E-state index is -0.315. The fourth-order valence-electron chi connectivity index (χ4n) is 2.30. The number of benzene rings is 2. The SMILES string of the molecule is CC(C)CNC(=O)c1ccc(NC(=O)NC(C)c2ccc(Cl)cc2)cc1. The van der Waals surface area contributed by atoms with E-state index in [4.69, 9.17) is 11.6 Å². The highest BCUT2D eigenvalue weighted by molar-refractivity contribution is 6.30. The summed E-state index contributed by atoms with van der Waals surface area (Å²) in [6, 6.07) is 13.6. The van der Waals surface area contributed by atoms with E-state index in [1.165, 1.54) is 0 Å². The molecule has 0 radical (unpaired) electrons. The number of carbonyl (C=O) groups is 2. The van der Waals surface area contributed by atoms with Crippen molar-refractivity contribution in [2.45, 2.75) is 26.8 Å². The normalized spacial score (nSPS) is 11.7. The van der Waals surface area contributed by atoms with Gasteiger partial charge in [-0.15, -0.1) is 0 Å². The summed E-state index contributed by atoms with van der Waals surface area (Å²) in [5.74, 6) is 0.275. The second kappa shape index (κ2) is 9.25. The number of halogens is 1. The summed E-state index contributed by atoms with van der Waals surface area (Å²) in [4.78, 5) is 24.1. The lowest BCUT2D eigenvalue weighted by Crippen LogP contribution is -2.31. The molecule has 3 N–H and O–H groups in total. The maximum absolute atomic E-state index is 12.1. The van der Waals surface area contributed by atoms with E-state index in [1.807, 2.05) is 32.9 Å². The first-order chi connectivity index (χ1) is 12.3. The van der Waals surface area contributed by atoms with E-state index in [2.05, 4.69) is 16.0 Å². The highest BCUT2D eigenvalue weighted by atomic mass is 35.5. The first kappa shape index (κ1) is 19.8. The Kier molecular flexibility index (Phi) is 7.04. The molecule has 0 bridgehead atoms. The number of hydrogen-bond acceptors (Lipinski definition) is 2. The average molecular weight is 374 g/mol. The lowest BCUT2D eigenvalue weighted by molar-refractivity contribution is 0.0949. The summed E-state index contributed by atoms with van der Waals surface area (Å²) in [6.45, 7) is 6.60. The van der Waals surface area contributed by atoms with Crippen LogP contribution in [0.1, 0.15) is 42.7 Å². The van der Waals surface area contributed by atoms with Gasteiger partial charge in [0.2, 0.25) is 0 Å². The zero-order valence-corrected chi connectivity index (χ0v) is 15.9. The summed E-state index contributed by atoms with van der Waals surface area (Å²) in [5, 5.41) is 9.14. The molecule has 0 heterocycles. The van der Waals surface area contributed by atoms with Crippen molar-refractivity contribution in [2.75, 3.05) is 11.9 Å². The maximum Gasteiger partial charge on any atom is 0.319 e. The molecule has 138 valence electrons. The average Bonchev–Trinajstić information content (AvgIpc) is 2.60. The van der Waals surface area contributed by atoms with Crippen LogP contribution in [-0.4, -0.2) is 18.5 Å². The number of hydrogen-bond donors (Lipinski definition) is 3. The van der Waals surface area contributed by atoms with Gasteiger partial charge in [-0.05, 0) is 54.8 Å². The summed E-state index contributed by atoms with van der Waals surface area (Å²) in [5.41, 5.74) is 2.14. The van der Waals surface area contributed by atoms with Crippen LogP contribution in [0.15, 0.2) is 48.5 Å². The Balaban J connectivity index is 1.88. The van der Waals surface area contributed by atoms with Gasteiger partial charge < -0.3 is 16.0 Å². The van der Waals surface area contributed by atoms with Crippen LogP contribution in [0.2, 0.25) is 5.02 Å². The van der Waals surface area contributed by atoms with Gasteiger partial charge in [0.25, 0.3) is 5.91 Å². The number of rotatable bonds is 6. The fraction of sp³-hybridized carbons (Fsp3) is 0.300. The van der Waals surface area contributed by atoms with Gasteiger partial charge >= 0.3 is 6.03 Å². The Morgan fingerprint density at radius 3 is 2.15 bits per heavy atom. The van der Waals surface area contributed by atoms with Crippen molar-refractivity contribution in [2.24, 2.45) is 5.92 Å². The largest absolute Gasteiger partial charge is 0.352 e. The lowest BCUT2D eigenvalue weighted by Gasteiger charge is -2.15.